The zero-order valence-electron chi connectivity index (χ0n) is 14.4. The zero-order chi connectivity index (χ0) is 18.5. The molecule has 0 bridgehead atoms. The van der Waals surface area contributed by atoms with Gasteiger partial charge in [-0.2, -0.15) is 0 Å². The Bertz CT molecular complexity index is 950. The Morgan fingerprint density at radius 2 is 1.54 bits per heavy atom. The normalized spacial score (nSPS) is 10.2. The second kappa shape index (κ2) is 7.84. The Morgan fingerprint density at radius 1 is 0.885 bits per heavy atom. The van der Waals surface area contributed by atoms with E-state index in [-0.39, 0.29) is 5.11 Å². The van der Waals surface area contributed by atoms with Crippen molar-refractivity contribution in [2.75, 3.05) is 19.5 Å². The Balaban J connectivity index is 1.76. The molecule has 132 valence electrons. The van der Waals surface area contributed by atoms with E-state index < -0.39 is 5.91 Å². The van der Waals surface area contributed by atoms with Crippen molar-refractivity contribution in [3.05, 3.63) is 66.2 Å². The quantitative estimate of drug-likeness (QED) is 0.684. The molecule has 0 aliphatic heterocycles. The Hall–Kier alpha value is -3.12. The van der Waals surface area contributed by atoms with Crippen molar-refractivity contribution in [1.29, 1.82) is 0 Å². The van der Waals surface area contributed by atoms with Gasteiger partial charge in [0.05, 0.1) is 14.2 Å². The van der Waals surface area contributed by atoms with Gasteiger partial charge in [-0.15, -0.1) is 0 Å². The summed E-state index contributed by atoms with van der Waals surface area (Å²) in [6.07, 6.45) is 0. The third kappa shape index (κ3) is 3.75. The van der Waals surface area contributed by atoms with Crippen LogP contribution in [0.25, 0.3) is 10.8 Å². The third-order valence-corrected chi connectivity index (χ3v) is 4.09. The van der Waals surface area contributed by atoms with Crippen molar-refractivity contribution in [3.8, 4) is 11.5 Å². The van der Waals surface area contributed by atoms with Crippen LogP contribution in [0.3, 0.4) is 0 Å². The fourth-order valence-electron chi connectivity index (χ4n) is 2.67. The van der Waals surface area contributed by atoms with E-state index in [4.69, 9.17) is 21.7 Å². The van der Waals surface area contributed by atoms with Crippen LogP contribution in [0.2, 0.25) is 0 Å². The molecule has 0 radical (unpaired) electrons. The van der Waals surface area contributed by atoms with E-state index in [2.05, 4.69) is 10.6 Å². The number of amides is 1. The molecule has 2 N–H and O–H groups in total. The van der Waals surface area contributed by atoms with Crippen molar-refractivity contribution in [3.63, 3.8) is 0 Å². The lowest BCUT2D eigenvalue weighted by Gasteiger charge is -2.14. The molecule has 0 saturated heterocycles. The molecule has 26 heavy (non-hydrogen) atoms. The summed E-state index contributed by atoms with van der Waals surface area (Å²) >= 11 is 5.27. The predicted octanol–water partition coefficient (Wildman–Crippen LogP) is 3.98. The van der Waals surface area contributed by atoms with Crippen molar-refractivity contribution in [2.45, 2.75) is 0 Å². The van der Waals surface area contributed by atoms with Gasteiger partial charge in [0.25, 0.3) is 5.91 Å². The molecule has 0 unspecified atom stereocenters. The number of hydrogen-bond acceptors (Lipinski definition) is 4. The molecule has 3 aromatic rings. The SMILES string of the molecule is COc1cccc(OC)c1C(=O)NC(=S)Nc1ccc2ccccc2c1. The van der Waals surface area contributed by atoms with Crippen LogP contribution in [0.5, 0.6) is 11.5 Å². The maximum Gasteiger partial charge on any atom is 0.264 e. The van der Waals surface area contributed by atoms with Crippen molar-refractivity contribution < 1.29 is 14.3 Å². The summed E-state index contributed by atoms with van der Waals surface area (Å²) in [6.45, 7) is 0. The Labute approximate surface area is 156 Å². The highest BCUT2D eigenvalue weighted by Gasteiger charge is 2.19. The second-order valence-corrected chi connectivity index (χ2v) is 5.92. The van der Waals surface area contributed by atoms with E-state index in [1.807, 2.05) is 42.5 Å². The number of methoxy groups -OCH3 is 2. The van der Waals surface area contributed by atoms with Crippen LogP contribution in [-0.4, -0.2) is 25.2 Å². The fourth-order valence-corrected chi connectivity index (χ4v) is 2.88. The first-order chi connectivity index (χ1) is 12.6. The number of anilines is 1. The molecule has 5 nitrogen and oxygen atoms in total. The number of benzene rings is 3. The van der Waals surface area contributed by atoms with Crippen LogP contribution in [0, 0.1) is 0 Å². The fraction of sp³-hybridized carbons (Fsp3) is 0.100. The van der Waals surface area contributed by atoms with Gasteiger partial charge in [-0.25, -0.2) is 0 Å². The number of thiocarbonyl (C=S) groups is 1. The van der Waals surface area contributed by atoms with Gasteiger partial charge in [-0.05, 0) is 47.3 Å². The van der Waals surface area contributed by atoms with Crippen molar-refractivity contribution in [1.82, 2.24) is 5.32 Å². The molecule has 0 spiro atoms. The van der Waals surface area contributed by atoms with Crippen molar-refractivity contribution >= 4 is 39.7 Å². The van der Waals surface area contributed by atoms with Gasteiger partial charge in [0, 0.05) is 5.69 Å². The molecule has 3 rings (SSSR count). The first-order valence-corrected chi connectivity index (χ1v) is 8.35. The van der Waals surface area contributed by atoms with E-state index in [9.17, 15) is 4.79 Å². The average molecular weight is 366 g/mol. The van der Waals surface area contributed by atoms with E-state index in [1.54, 1.807) is 18.2 Å². The molecule has 3 aromatic carbocycles. The minimum absolute atomic E-state index is 0.193. The molecule has 0 heterocycles. The van der Waals surface area contributed by atoms with Gasteiger partial charge in [0.1, 0.15) is 17.1 Å². The van der Waals surface area contributed by atoms with Crippen LogP contribution in [0.15, 0.2) is 60.7 Å². The molecule has 0 saturated carbocycles. The van der Waals surface area contributed by atoms with E-state index >= 15 is 0 Å². The zero-order valence-corrected chi connectivity index (χ0v) is 15.2. The van der Waals surface area contributed by atoms with Crippen LogP contribution in [-0.2, 0) is 0 Å². The van der Waals surface area contributed by atoms with Crippen LogP contribution in [0.4, 0.5) is 5.69 Å². The standard InChI is InChI=1S/C20H18N2O3S/c1-24-16-8-5-9-17(25-2)18(16)19(23)22-20(26)21-15-11-10-13-6-3-4-7-14(13)12-15/h3-12H,1-2H3,(H2,21,22,23,26). The summed E-state index contributed by atoms with van der Waals surface area (Å²) in [6, 6.07) is 19.0. The molecule has 6 heteroatoms. The van der Waals surface area contributed by atoms with E-state index in [0.717, 1.165) is 16.5 Å². The third-order valence-electron chi connectivity index (χ3n) is 3.89. The molecular weight excluding hydrogens is 348 g/mol. The smallest absolute Gasteiger partial charge is 0.264 e. The summed E-state index contributed by atoms with van der Waals surface area (Å²) in [5.74, 6) is 0.420. The number of nitrogens with one attached hydrogen (secondary N) is 2. The van der Waals surface area contributed by atoms with Crippen molar-refractivity contribution in [2.24, 2.45) is 0 Å². The van der Waals surface area contributed by atoms with Crippen LogP contribution in [0.1, 0.15) is 10.4 Å². The Morgan fingerprint density at radius 3 is 2.19 bits per heavy atom. The number of rotatable bonds is 4. The second-order valence-electron chi connectivity index (χ2n) is 5.51. The number of hydrogen-bond donors (Lipinski definition) is 2. The van der Waals surface area contributed by atoms with Gasteiger partial charge >= 0.3 is 0 Å². The molecule has 0 fully saturated rings. The number of fused-ring (bicyclic) bond motifs is 1. The van der Waals surface area contributed by atoms with Gasteiger partial charge < -0.3 is 14.8 Å². The molecule has 0 aliphatic carbocycles. The highest BCUT2D eigenvalue weighted by atomic mass is 32.1. The molecular formula is C20H18N2O3S. The number of carbonyl (C=O) groups excluding carboxylic acids is 1. The number of carbonyl (C=O) groups is 1. The minimum Gasteiger partial charge on any atom is -0.496 e. The van der Waals surface area contributed by atoms with Gasteiger partial charge in [0.15, 0.2) is 5.11 Å². The maximum absolute atomic E-state index is 12.6. The summed E-state index contributed by atoms with van der Waals surface area (Å²) in [5.41, 5.74) is 1.08. The average Bonchev–Trinajstić information content (AvgIpc) is 2.66. The topological polar surface area (TPSA) is 59.6 Å². The van der Waals surface area contributed by atoms with Crippen LogP contribution >= 0.6 is 12.2 Å². The largest absolute Gasteiger partial charge is 0.496 e. The summed E-state index contributed by atoms with van der Waals surface area (Å²) in [7, 11) is 2.99. The summed E-state index contributed by atoms with van der Waals surface area (Å²) in [5, 5.41) is 8.10. The molecule has 0 aliphatic rings. The first-order valence-electron chi connectivity index (χ1n) is 7.94. The lowest BCUT2D eigenvalue weighted by molar-refractivity contribution is 0.0971. The Kier molecular flexibility index (Phi) is 5.34. The molecule has 1 amide bonds. The highest BCUT2D eigenvalue weighted by Crippen LogP contribution is 2.28. The summed E-state index contributed by atoms with van der Waals surface area (Å²) in [4.78, 5) is 12.6. The molecule has 0 atom stereocenters. The van der Waals surface area contributed by atoms with Gasteiger partial charge in [-0.1, -0.05) is 36.4 Å². The van der Waals surface area contributed by atoms with Gasteiger partial charge in [0.2, 0.25) is 0 Å². The maximum atomic E-state index is 12.6. The predicted molar refractivity (Wildman–Crippen MR) is 107 cm³/mol. The lowest BCUT2D eigenvalue weighted by atomic mass is 10.1. The molecule has 0 aromatic heterocycles. The van der Waals surface area contributed by atoms with E-state index in [0.29, 0.717) is 17.1 Å². The van der Waals surface area contributed by atoms with Gasteiger partial charge in [-0.3, -0.25) is 10.1 Å². The summed E-state index contributed by atoms with van der Waals surface area (Å²) < 4.78 is 10.5. The lowest BCUT2D eigenvalue weighted by Crippen LogP contribution is -2.34. The highest BCUT2D eigenvalue weighted by molar-refractivity contribution is 7.80. The van der Waals surface area contributed by atoms with Crippen LogP contribution < -0.4 is 20.1 Å². The first kappa shape index (κ1) is 17.7. The van der Waals surface area contributed by atoms with E-state index in [1.165, 1.54) is 14.2 Å². The minimum atomic E-state index is -0.405. The number of ether oxygens (including phenoxy) is 2. The monoisotopic (exact) mass is 366 g/mol.